The van der Waals surface area contributed by atoms with Gasteiger partial charge in [0.2, 0.25) is 5.76 Å². The van der Waals surface area contributed by atoms with Crippen LogP contribution in [0.5, 0.6) is 0 Å². The molecule has 1 aromatic carbocycles. The molecule has 3 aromatic rings. The predicted molar refractivity (Wildman–Crippen MR) is 94.0 cm³/mol. The average molecular weight is 347 g/mol. The third-order valence-corrected chi connectivity index (χ3v) is 5.15. The van der Waals surface area contributed by atoms with Gasteiger partial charge in [-0.15, -0.1) is 0 Å². The minimum Gasteiger partial charge on any atom is -0.351 e. The van der Waals surface area contributed by atoms with Gasteiger partial charge in [0.15, 0.2) is 4.80 Å². The van der Waals surface area contributed by atoms with E-state index in [2.05, 4.69) is 46.1 Å². The molecular formula is C16H17N3O2S2. The Balaban J connectivity index is 2.11. The maximum absolute atomic E-state index is 12.2. The van der Waals surface area contributed by atoms with Crippen LogP contribution in [0, 0.1) is 0 Å². The number of fused-ring (bicyclic) bond motifs is 1. The van der Waals surface area contributed by atoms with Crippen LogP contribution in [-0.4, -0.2) is 27.6 Å². The van der Waals surface area contributed by atoms with Gasteiger partial charge >= 0.3 is 5.91 Å². The molecule has 0 bridgehead atoms. The van der Waals surface area contributed by atoms with Gasteiger partial charge in [0, 0.05) is 18.4 Å². The zero-order chi connectivity index (χ0) is 16.2. The van der Waals surface area contributed by atoms with Crippen molar-refractivity contribution in [1.82, 2.24) is 9.72 Å². The number of hydrogen-bond acceptors (Lipinski definition) is 5. The highest BCUT2D eigenvalue weighted by atomic mass is 32.2. The molecule has 5 nitrogen and oxygen atoms in total. The standard InChI is InChI=1S/C16H17N3O2S2/c1-3-11-4-5-12-14(10-11)23-16(19(12)8-9-22-2)18-15(20)13-6-7-17-21-13/h4-7,10H,3,8-9H2,1-2H3. The van der Waals surface area contributed by atoms with Crippen molar-refractivity contribution in [1.29, 1.82) is 0 Å². The number of thiazole rings is 1. The summed E-state index contributed by atoms with van der Waals surface area (Å²) in [5.41, 5.74) is 2.40. The van der Waals surface area contributed by atoms with Crippen LogP contribution < -0.4 is 4.80 Å². The lowest BCUT2D eigenvalue weighted by molar-refractivity contribution is 0.0962. The number of carbonyl (C=O) groups is 1. The van der Waals surface area contributed by atoms with Crippen LogP contribution in [-0.2, 0) is 13.0 Å². The van der Waals surface area contributed by atoms with E-state index in [1.54, 1.807) is 11.8 Å². The Labute approximate surface area is 142 Å². The predicted octanol–water partition coefficient (Wildman–Crippen LogP) is 3.36. The molecule has 0 saturated heterocycles. The van der Waals surface area contributed by atoms with Crippen LogP contribution in [0.3, 0.4) is 0 Å². The van der Waals surface area contributed by atoms with Gasteiger partial charge in [0.1, 0.15) is 0 Å². The zero-order valence-electron chi connectivity index (χ0n) is 13.0. The topological polar surface area (TPSA) is 60.4 Å². The SMILES string of the molecule is CCc1ccc2c(c1)sc(=NC(=O)c1ccno1)n2CCSC. The largest absolute Gasteiger partial charge is 0.351 e. The van der Waals surface area contributed by atoms with Gasteiger partial charge in [0.25, 0.3) is 0 Å². The van der Waals surface area contributed by atoms with Crippen LogP contribution in [0.2, 0.25) is 0 Å². The number of thioether (sulfide) groups is 1. The second kappa shape index (κ2) is 7.14. The maximum atomic E-state index is 12.2. The smallest absolute Gasteiger partial charge is 0.318 e. The fourth-order valence-electron chi connectivity index (χ4n) is 2.29. The number of aromatic nitrogens is 2. The summed E-state index contributed by atoms with van der Waals surface area (Å²) in [6.45, 7) is 2.95. The molecule has 0 N–H and O–H groups in total. The van der Waals surface area contributed by atoms with E-state index in [1.807, 2.05) is 0 Å². The number of carbonyl (C=O) groups excluding carboxylic acids is 1. The molecule has 7 heteroatoms. The van der Waals surface area contributed by atoms with E-state index in [1.165, 1.54) is 29.2 Å². The molecule has 0 aliphatic heterocycles. The third-order valence-electron chi connectivity index (χ3n) is 3.52. The molecule has 2 heterocycles. The Kier molecular flexibility index (Phi) is 4.97. The fraction of sp³-hybridized carbons (Fsp3) is 0.312. The molecule has 2 aromatic heterocycles. The molecule has 0 aliphatic carbocycles. The van der Waals surface area contributed by atoms with E-state index >= 15 is 0 Å². The lowest BCUT2D eigenvalue weighted by Crippen LogP contribution is -2.18. The molecule has 0 radical (unpaired) electrons. The summed E-state index contributed by atoms with van der Waals surface area (Å²) in [5.74, 6) is 0.723. The van der Waals surface area contributed by atoms with Crippen molar-refractivity contribution in [3.05, 3.63) is 46.6 Å². The van der Waals surface area contributed by atoms with Crippen molar-refractivity contribution < 1.29 is 9.32 Å². The van der Waals surface area contributed by atoms with Crippen LogP contribution in [0.4, 0.5) is 0 Å². The van der Waals surface area contributed by atoms with Gasteiger partial charge in [-0.05, 0) is 30.4 Å². The molecule has 120 valence electrons. The lowest BCUT2D eigenvalue weighted by Gasteiger charge is -2.04. The van der Waals surface area contributed by atoms with Crippen LogP contribution in [0.15, 0.2) is 40.0 Å². The number of rotatable bonds is 5. The second-order valence-electron chi connectivity index (χ2n) is 4.98. The van der Waals surface area contributed by atoms with Crippen LogP contribution in [0.25, 0.3) is 10.2 Å². The van der Waals surface area contributed by atoms with Gasteiger partial charge in [-0.1, -0.05) is 29.5 Å². The van der Waals surface area contributed by atoms with Gasteiger partial charge < -0.3 is 9.09 Å². The highest BCUT2D eigenvalue weighted by molar-refractivity contribution is 7.98. The van der Waals surface area contributed by atoms with Crippen LogP contribution in [0.1, 0.15) is 23.0 Å². The monoisotopic (exact) mass is 347 g/mol. The molecule has 0 fully saturated rings. The van der Waals surface area contributed by atoms with E-state index in [-0.39, 0.29) is 5.76 Å². The molecule has 0 spiro atoms. The van der Waals surface area contributed by atoms with Gasteiger partial charge in [-0.2, -0.15) is 16.8 Å². The Morgan fingerprint density at radius 3 is 3.00 bits per heavy atom. The quantitative estimate of drug-likeness (QED) is 0.710. The summed E-state index contributed by atoms with van der Waals surface area (Å²) in [7, 11) is 0. The number of benzene rings is 1. The zero-order valence-corrected chi connectivity index (χ0v) is 14.6. The first-order valence-electron chi connectivity index (χ1n) is 7.34. The first-order chi connectivity index (χ1) is 11.2. The van der Waals surface area contributed by atoms with Crippen LogP contribution >= 0.6 is 23.1 Å². The maximum Gasteiger partial charge on any atom is 0.318 e. The summed E-state index contributed by atoms with van der Waals surface area (Å²) in [6.07, 6.45) is 4.51. The number of amides is 1. The average Bonchev–Trinajstić information content (AvgIpc) is 3.20. The van der Waals surface area contributed by atoms with E-state index in [4.69, 9.17) is 4.52 Å². The number of aryl methyl sites for hydroxylation is 2. The number of nitrogens with zero attached hydrogens (tertiary/aromatic N) is 3. The Morgan fingerprint density at radius 1 is 1.43 bits per heavy atom. The van der Waals surface area contributed by atoms with Gasteiger partial charge in [0.05, 0.1) is 16.4 Å². The Bertz CT molecular complexity index is 879. The minimum absolute atomic E-state index is 0.160. The van der Waals surface area contributed by atoms with Crippen molar-refractivity contribution in [2.45, 2.75) is 19.9 Å². The summed E-state index contributed by atoms with van der Waals surface area (Å²) < 4.78 is 8.15. The van der Waals surface area contributed by atoms with Crippen molar-refractivity contribution in [3.63, 3.8) is 0 Å². The molecule has 0 aliphatic rings. The summed E-state index contributed by atoms with van der Waals surface area (Å²) in [6, 6.07) is 7.95. The molecule has 0 saturated carbocycles. The summed E-state index contributed by atoms with van der Waals surface area (Å²) in [4.78, 5) is 17.1. The van der Waals surface area contributed by atoms with Gasteiger partial charge in [-0.3, -0.25) is 4.79 Å². The minimum atomic E-state index is -0.400. The summed E-state index contributed by atoms with van der Waals surface area (Å²) >= 11 is 3.30. The van der Waals surface area contributed by atoms with Gasteiger partial charge in [-0.25, -0.2) is 0 Å². The molecule has 0 unspecified atom stereocenters. The normalized spacial score (nSPS) is 12.2. The third kappa shape index (κ3) is 3.40. The summed E-state index contributed by atoms with van der Waals surface area (Å²) in [5, 5.41) is 3.56. The number of hydrogen-bond donors (Lipinski definition) is 0. The first-order valence-corrected chi connectivity index (χ1v) is 9.55. The molecule has 1 amide bonds. The van der Waals surface area contributed by atoms with E-state index in [0.717, 1.165) is 28.9 Å². The highest BCUT2D eigenvalue weighted by Gasteiger charge is 2.11. The van der Waals surface area contributed by atoms with Crippen molar-refractivity contribution in [3.8, 4) is 0 Å². The molecular weight excluding hydrogens is 330 g/mol. The second-order valence-corrected chi connectivity index (χ2v) is 6.97. The van der Waals surface area contributed by atoms with Crippen molar-refractivity contribution in [2.24, 2.45) is 4.99 Å². The highest BCUT2D eigenvalue weighted by Crippen LogP contribution is 2.20. The lowest BCUT2D eigenvalue weighted by atomic mass is 10.2. The molecule has 3 rings (SSSR count). The molecule has 0 atom stereocenters. The Morgan fingerprint density at radius 2 is 2.30 bits per heavy atom. The first kappa shape index (κ1) is 16.0. The fourth-order valence-corrected chi connectivity index (χ4v) is 3.77. The van der Waals surface area contributed by atoms with Crippen molar-refractivity contribution in [2.75, 3.05) is 12.0 Å². The van der Waals surface area contributed by atoms with E-state index in [0.29, 0.717) is 4.80 Å². The molecule has 23 heavy (non-hydrogen) atoms. The van der Waals surface area contributed by atoms with E-state index < -0.39 is 5.91 Å². The Hall–Kier alpha value is -1.86. The van der Waals surface area contributed by atoms with Crippen molar-refractivity contribution >= 4 is 39.2 Å². The van der Waals surface area contributed by atoms with E-state index in [9.17, 15) is 4.79 Å².